The van der Waals surface area contributed by atoms with Crippen LogP contribution in [-0.2, 0) is 16.0 Å². The molecule has 5 rings (SSSR count). The van der Waals surface area contributed by atoms with E-state index in [0.29, 0.717) is 18.0 Å². The fourth-order valence-electron chi connectivity index (χ4n) is 8.39. The predicted octanol–water partition coefficient (Wildman–Crippen LogP) is 4.49. The van der Waals surface area contributed by atoms with Gasteiger partial charge in [0.1, 0.15) is 5.75 Å². The zero-order chi connectivity index (χ0) is 26.2. The molecule has 5 atom stereocenters. The molecule has 202 valence electrons. The van der Waals surface area contributed by atoms with Crippen LogP contribution in [0.3, 0.4) is 0 Å². The van der Waals surface area contributed by atoms with Gasteiger partial charge in [-0.3, -0.25) is 14.5 Å². The number of nitrogens with zero attached hydrogens (tertiary/aromatic N) is 3. The van der Waals surface area contributed by atoms with Crippen molar-refractivity contribution in [1.82, 2.24) is 14.7 Å². The molecule has 1 aromatic carbocycles. The van der Waals surface area contributed by atoms with Crippen molar-refractivity contribution in [3.8, 4) is 5.75 Å². The molecule has 0 saturated heterocycles. The van der Waals surface area contributed by atoms with Gasteiger partial charge >= 0.3 is 0 Å². The summed E-state index contributed by atoms with van der Waals surface area (Å²) in [6.45, 7) is 6.19. The summed E-state index contributed by atoms with van der Waals surface area (Å²) in [6, 6.07) is 7.49. The van der Waals surface area contributed by atoms with E-state index in [0.717, 1.165) is 56.0 Å². The van der Waals surface area contributed by atoms with Gasteiger partial charge in [-0.15, -0.1) is 0 Å². The minimum absolute atomic E-state index is 0.177. The van der Waals surface area contributed by atoms with Gasteiger partial charge in [-0.05, 0) is 132 Å². The van der Waals surface area contributed by atoms with Crippen molar-refractivity contribution >= 4 is 11.8 Å². The van der Waals surface area contributed by atoms with Crippen molar-refractivity contribution in [2.75, 3.05) is 47.4 Å². The van der Waals surface area contributed by atoms with E-state index in [-0.39, 0.29) is 11.8 Å². The number of amides is 2. The number of carbonyl (C=O) groups is 2. The lowest BCUT2D eigenvalue weighted by Crippen LogP contribution is -2.49. The quantitative estimate of drug-likeness (QED) is 0.437. The van der Waals surface area contributed by atoms with Crippen LogP contribution < -0.4 is 4.74 Å². The van der Waals surface area contributed by atoms with Gasteiger partial charge in [-0.2, -0.15) is 0 Å². The summed E-state index contributed by atoms with van der Waals surface area (Å²) < 4.78 is 5.50. The molecule has 6 nitrogen and oxygen atoms in total. The normalized spacial score (nSPS) is 30.7. The van der Waals surface area contributed by atoms with Gasteiger partial charge in [-0.25, -0.2) is 0 Å². The Bertz CT molecular complexity index is 1020. The third kappa shape index (κ3) is 5.12. The summed E-state index contributed by atoms with van der Waals surface area (Å²) in [4.78, 5) is 29.8. The summed E-state index contributed by atoms with van der Waals surface area (Å²) in [7, 11) is 6.27. The Morgan fingerprint density at radius 3 is 2.51 bits per heavy atom. The van der Waals surface area contributed by atoms with E-state index in [2.05, 4.69) is 49.0 Å². The number of fused-ring (bicyclic) bond motifs is 5. The average Bonchev–Trinajstić information content (AvgIpc) is 3.41. The first-order valence-electron chi connectivity index (χ1n) is 14.4. The van der Waals surface area contributed by atoms with Crippen LogP contribution in [0.15, 0.2) is 30.4 Å². The van der Waals surface area contributed by atoms with E-state index < -0.39 is 0 Å². The topological polar surface area (TPSA) is 53.1 Å². The lowest BCUT2D eigenvalue weighted by molar-refractivity contribution is -0.136. The van der Waals surface area contributed by atoms with Gasteiger partial charge in [0.2, 0.25) is 0 Å². The van der Waals surface area contributed by atoms with Crippen LogP contribution in [0, 0.1) is 17.3 Å². The SMILES string of the molecule is COc1ccc2c(c1)CCC1C2CC[C@@]2(C)C1CCC2N(C)CCCN(C)CCCN1C(=O)C=CC1=O. The van der Waals surface area contributed by atoms with Gasteiger partial charge in [0.25, 0.3) is 11.8 Å². The van der Waals surface area contributed by atoms with E-state index in [4.69, 9.17) is 4.74 Å². The number of rotatable bonds is 10. The molecule has 3 aliphatic carbocycles. The molecular formula is C31H45N3O3. The first kappa shape index (κ1) is 26.4. The van der Waals surface area contributed by atoms with Crippen LogP contribution in [0.25, 0.3) is 0 Å². The molecule has 4 unspecified atom stereocenters. The van der Waals surface area contributed by atoms with E-state index in [1.54, 1.807) is 12.7 Å². The molecule has 2 saturated carbocycles. The zero-order valence-corrected chi connectivity index (χ0v) is 23.2. The zero-order valence-electron chi connectivity index (χ0n) is 23.2. The largest absolute Gasteiger partial charge is 0.497 e. The molecule has 1 aromatic rings. The number of ether oxygens (including phenoxy) is 1. The first-order chi connectivity index (χ1) is 17.8. The molecule has 1 heterocycles. The molecule has 0 radical (unpaired) electrons. The number of carbonyl (C=O) groups excluding carboxylic acids is 2. The molecule has 37 heavy (non-hydrogen) atoms. The maximum atomic E-state index is 11.7. The first-order valence-corrected chi connectivity index (χ1v) is 14.4. The minimum atomic E-state index is -0.177. The second kappa shape index (κ2) is 10.9. The van der Waals surface area contributed by atoms with Gasteiger partial charge in [0, 0.05) is 24.7 Å². The van der Waals surface area contributed by atoms with Crippen LogP contribution in [0.2, 0.25) is 0 Å². The number of imide groups is 1. The van der Waals surface area contributed by atoms with Gasteiger partial charge in [0.15, 0.2) is 0 Å². The predicted molar refractivity (Wildman–Crippen MR) is 147 cm³/mol. The number of aryl methyl sites for hydroxylation is 1. The highest BCUT2D eigenvalue weighted by Gasteiger charge is 2.55. The molecule has 0 N–H and O–H groups in total. The van der Waals surface area contributed by atoms with Crippen LogP contribution in [0.5, 0.6) is 5.75 Å². The Labute approximate surface area is 223 Å². The minimum Gasteiger partial charge on any atom is -0.497 e. The highest BCUT2D eigenvalue weighted by atomic mass is 16.5. The number of benzene rings is 1. The van der Waals surface area contributed by atoms with Crippen molar-refractivity contribution < 1.29 is 14.3 Å². The van der Waals surface area contributed by atoms with Crippen LogP contribution in [0.1, 0.15) is 68.9 Å². The van der Waals surface area contributed by atoms with Gasteiger partial charge < -0.3 is 14.5 Å². The molecule has 1 aliphatic heterocycles. The number of methoxy groups -OCH3 is 1. The third-order valence-corrected chi connectivity index (χ3v) is 10.3. The Balaban J connectivity index is 1.10. The molecule has 4 aliphatic rings. The maximum absolute atomic E-state index is 11.7. The van der Waals surface area contributed by atoms with Crippen LogP contribution in [0.4, 0.5) is 0 Å². The Morgan fingerprint density at radius 2 is 1.76 bits per heavy atom. The van der Waals surface area contributed by atoms with Crippen LogP contribution >= 0.6 is 0 Å². The van der Waals surface area contributed by atoms with E-state index in [1.165, 1.54) is 61.1 Å². The average molecular weight is 508 g/mol. The highest BCUT2D eigenvalue weighted by Crippen LogP contribution is 2.61. The monoisotopic (exact) mass is 507 g/mol. The summed E-state index contributed by atoms with van der Waals surface area (Å²) >= 11 is 0. The summed E-state index contributed by atoms with van der Waals surface area (Å²) in [5.74, 6) is 3.04. The van der Waals surface area contributed by atoms with Crippen molar-refractivity contribution in [2.24, 2.45) is 17.3 Å². The second-order valence-corrected chi connectivity index (χ2v) is 12.3. The molecule has 6 heteroatoms. The lowest BCUT2D eigenvalue weighted by atomic mass is 9.55. The maximum Gasteiger partial charge on any atom is 0.253 e. The van der Waals surface area contributed by atoms with Crippen molar-refractivity contribution in [2.45, 2.75) is 70.3 Å². The molecule has 0 spiro atoms. The van der Waals surface area contributed by atoms with Crippen molar-refractivity contribution in [1.29, 1.82) is 0 Å². The molecule has 2 amide bonds. The summed E-state index contributed by atoms with van der Waals surface area (Å²) in [5.41, 5.74) is 3.55. The van der Waals surface area contributed by atoms with Gasteiger partial charge in [0.05, 0.1) is 7.11 Å². The lowest BCUT2D eigenvalue weighted by Gasteiger charge is -2.52. The number of hydrogen-bond donors (Lipinski definition) is 0. The number of hydrogen-bond acceptors (Lipinski definition) is 5. The summed E-state index contributed by atoms with van der Waals surface area (Å²) in [6.07, 6.45) is 12.6. The van der Waals surface area contributed by atoms with E-state index in [9.17, 15) is 9.59 Å². The van der Waals surface area contributed by atoms with Crippen molar-refractivity contribution in [3.63, 3.8) is 0 Å². The highest BCUT2D eigenvalue weighted by molar-refractivity contribution is 6.12. The fraction of sp³-hybridized carbons (Fsp3) is 0.677. The standard InChI is InChI=1S/C31H45N3O3/c1-31-16-15-25-24-10-8-23(37-4)21-22(24)7-9-26(25)27(31)11-12-28(31)33(3)19-5-17-32(2)18-6-20-34-29(35)13-14-30(34)36/h8,10,13-14,21,25-28H,5-7,9,11-12,15-20H2,1-4H3/t25?,26?,27?,28?,31-/m0/s1. The van der Waals surface area contributed by atoms with E-state index >= 15 is 0 Å². The van der Waals surface area contributed by atoms with Crippen molar-refractivity contribution in [3.05, 3.63) is 41.5 Å². The second-order valence-electron chi connectivity index (χ2n) is 12.3. The van der Waals surface area contributed by atoms with Gasteiger partial charge in [-0.1, -0.05) is 13.0 Å². The Hall–Kier alpha value is -2.18. The molecule has 2 fully saturated rings. The Kier molecular flexibility index (Phi) is 7.78. The Morgan fingerprint density at radius 1 is 1.00 bits per heavy atom. The smallest absolute Gasteiger partial charge is 0.253 e. The van der Waals surface area contributed by atoms with E-state index in [1.807, 2.05) is 0 Å². The molecule has 0 aromatic heterocycles. The third-order valence-electron chi connectivity index (χ3n) is 10.3. The molecular weight excluding hydrogens is 462 g/mol. The summed E-state index contributed by atoms with van der Waals surface area (Å²) in [5, 5.41) is 0. The fourth-order valence-corrected chi connectivity index (χ4v) is 8.39. The van der Waals surface area contributed by atoms with Crippen LogP contribution in [-0.4, -0.2) is 79.9 Å². The molecule has 0 bridgehead atoms.